The van der Waals surface area contributed by atoms with Crippen molar-refractivity contribution in [3.8, 4) is 34.8 Å². The van der Waals surface area contributed by atoms with Gasteiger partial charge in [-0.3, -0.25) is 4.72 Å². The van der Waals surface area contributed by atoms with Crippen molar-refractivity contribution in [1.29, 1.82) is 5.26 Å². The third-order valence-electron chi connectivity index (χ3n) is 4.53. The molecule has 3 rings (SSSR count). The summed E-state index contributed by atoms with van der Waals surface area (Å²) in [6.45, 7) is 0. The van der Waals surface area contributed by atoms with Gasteiger partial charge in [0.2, 0.25) is 0 Å². The summed E-state index contributed by atoms with van der Waals surface area (Å²) in [4.78, 5) is -0.543. The number of sulfonamides is 1. The van der Waals surface area contributed by atoms with E-state index in [0.29, 0.717) is 11.5 Å². The van der Waals surface area contributed by atoms with Crippen LogP contribution < -0.4 is 23.7 Å². The van der Waals surface area contributed by atoms with Gasteiger partial charge in [0, 0.05) is 12.1 Å². The normalized spacial score (nSPS) is 11.3. The smallest absolute Gasteiger partial charge is 0.272 e. The Morgan fingerprint density at radius 1 is 0.848 bits per heavy atom. The first-order chi connectivity index (χ1) is 15.9. The molecule has 0 radical (unpaired) electrons. The van der Waals surface area contributed by atoms with E-state index in [1.54, 1.807) is 66.7 Å². The zero-order valence-corrected chi connectivity index (χ0v) is 19.0. The number of hydrogen-bond donors (Lipinski definition) is 1. The molecule has 1 N–H and O–H groups in total. The molecule has 0 aromatic heterocycles. The molecule has 33 heavy (non-hydrogen) atoms. The average molecular weight is 467 g/mol. The summed E-state index contributed by atoms with van der Waals surface area (Å²) in [5.41, 5.74) is 0.452. The Bertz CT molecular complexity index is 1270. The van der Waals surface area contributed by atoms with Crippen LogP contribution in [0.3, 0.4) is 0 Å². The Balaban J connectivity index is 2.00. The van der Waals surface area contributed by atoms with Gasteiger partial charge in [-0.15, -0.1) is 0 Å². The van der Waals surface area contributed by atoms with Gasteiger partial charge in [0.1, 0.15) is 29.1 Å². The van der Waals surface area contributed by atoms with Gasteiger partial charge in [0.05, 0.1) is 32.6 Å². The molecule has 9 heteroatoms. The number of anilines is 1. The first-order valence-corrected chi connectivity index (χ1v) is 11.2. The molecule has 0 fully saturated rings. The van der Waals surface area contributed by atoms with Crippen molar-refractivity contribution in [3.05, 3.63) is 77.2 Å². The highest BCUT2D eigenvalue weighted by Crippen LogP contribution is 2.37. The summed E-state index contributed by atoms with van der Waals surface area (Å²) >= 11 is 0. The second-order valence-corrected chi connectivity index (χ2v) is 8.23. The standard InChI is InChI=1S/C24H22N2O6S/c1-29-18-13-23(30-2)20(24(14-18)31-3)15-19(16-25)33(27,28)26-21-11-7-8-12-22(21)32-17-9-5-4-6-10-17/h4-15,26H,1-3H3/b19-15-. The van der Waals surface area contributed by atoms with Gasteiger partial charge in [0.15, 0.2) is 10.7 Å². The van der Waals surface area contributed by atoms with E-state index in [9.17, 15) is 13.7 Å². The van der Waals surface area contributed by atoms with Gasteiger partial charge in [-0.05, 0) is 30.3 Å². The Hall–Kier alpha value is -4.16. The molecule has 0 atom stereocenters. The molecule has 3 aromatic rings. The summed E-state index contributed by atoms with van der Waals surface area (Å²) in [7, 11) is 0.0398. The van der Waals surface area contributed by atoms with E-state index in [2.05, 4.69) is 4.72 Å². The van der Waals surface area contributed by atoms with Crippen molar-refractivity contribution in [1.82, 2.24) is 0 Å². The zero-order chi connectivity index (χ0) is 23.8. The maximum absolute atomic E-state index is 13.1. The van der Waals surface area contributed by atoms with Crippen LogP contribution in [0.15, 0.2) is 71.6 Å². The van der Waals surface area contributed by atoms with Crippen LogP contribution in [0, 0.1) is 11.3 Å². The van der Waals surface area contributed by atoms with Crippen molar-refractivity contribution < 1.29 is 27.4 Å². The van der Waals surface area contributed by atoms with Crippen LogP contribution in [0.4, 0.5) is 5.69 Å². The number of rotatable bonds is 9. The lowest BCUT2D eigenvalue weighted by Gasteiger charge is -2.14. The van der Waals surface area contributed by atoms with E-state index in [4.69, 9.17) is 18.9 Å². The lowest BCUT2D eigenvalue weighted by atomic mass is 10.1. The number of nitrogens with zero attached hydrogens (tertiary/aromatic N) is 1. The summed E-state index contributed by atoms with van der Waals surface area (Å²) < 4.78 is 50.3. The summed E-state index contributed by atoms with van der Waals surface area (Å²) in [5, 5.41) is 9.66. The minimum Gasteiger partial charge on any atom is -0.496 e. The number of nitrogens with one attached hydrogen (secondary N) is 1. The third kappa shape index (κ3) is 5.56. The molecule has 0 aliphatic heterocycles. The first-order valence-electron chi connectivity index (χ1n) is 9.68. The monoisotopic (exact) mass is 466 g/mol. The van der Waals surface area contributed by atoms with E-state index in [0.717, 1.165) is 0 Å². The Morgan fingerprint density at radius 2 is 1.45 bits per heavy atom. The number of hydrogen-bond acceptors (Lipinski definition) is 7. The van der Waals surface area contributed by atoms with Crippen LogP contribution in [-0.4, -0.2) is 29.7 Å². The molecular formula is C24H22N2O6S. The van der Waals surface area contributed by atoms with Crippen molar-refractivity contribution in [3.63, 3.8) is 0 Å². The van der Waals surface area contributed by atoms with Gasteiger partial charge in [0.25, 0.3) is 10.0 Å². The van der Waals surface area contributed by atoms with Gasteiger partial charge in [-0.2, -0.15) is 5.26 Å². The van der Waals surface area contributed by atoms with E-state index in [1.807, 2.05) is 6.07 Å². The molecule has 0 bridgehead atoms. The van der Waals surface area contributed by atoms with Crippen molar-refractivity contribution >= 4 is 21.8 Å². The van der Waals surface area contributed by atoms with Gasteiger partial charge >= 0.3 is 0 Å². The van der Waals surface area contributed by atoms with Crippen molar-refractivity contribution in [2.24, 2.45) is 0 Å². The minimum atomic E-state index is -4.28. The first kappa shape index (κ1) is 23.5. The van der Waals surface area contributed by atoms with E-state index < -0.39 is 14.9 Å². The molecule has 3 aromatic carbocycles. The number of nitriles is 1. The predicted molar refractivity (Wildman–Crippen MR) is 125 cm³/mol. The maximum atomic E-state index is 13.1. The molecule has 0 aliphatic rings. The van der Waals surface area contributed by atoms with Gasteiger partial charge < -0.3 is 18.9 Å². The summed E-state index contributed by atoms with van der Waals surface area (Å²) in [6.07, 6.45) is 1.18. The van der Waals surface area contributed by atoms with Crippen LogP contribution in [0.2, 0.25) is 0 Å². The molecule has 0 amide bonds. The van der Waals surface area contributed by atoms with Crippen molar-refractivity contribution in [2.75, 3.05) is 26.1 Å². The molecular weight excluding hydrogens is 444 g/mol. The fourth-order valence-corrected chi connectivity index (χ4v) is 3.89. The Labute approximate surface area is 192 Å². The molecule has 0 aliphatic carbocycles. The lowest BCUT2D eigenvalue weighted by Crippen LogP contribution is -2.15. The molecule has 170 valence electrons. The fourth-order valence-electron chi connectivity index (χ4n) is 2.93. The van der Waals surface area contributed by atoms with Crippen LogP contribution in [0.25, 0.3) is 6.08 Å². The van der Waals surface area contributed by atoms with E-state index >= 15 is 0 Å². The number of allylic oxidation sites excluding steroid dienone is 1. The predicted octanol–water partition coefficient (Wildman–Crippen LogP) is 4.81. The van der Waals surface area contributed by atoms with Crippen LogP contribution in [-0.2, 0) is 10.0 Å². The number of ether oxygens (including phenoxy) is 4. The highest BCUT2D eigenvalue weighted by Gasteiger charge is 2.22. The largest absolute Gasteiger partial charge is 0.496 e. The van der Waals surface area contributed by atoms with E-state index in [1.165, 1.54) is 27.4 Å². The Morgan fingerprint density at radius 3 is 2.03 bits per heavy atom. The number of para-hydroxylation sites is 3. The highest BCUT2D eigenvalue weighted by molar-refractivity contribution is 7.97. The van der Waals surface area contributed by atoms with Crippen LogP contribution in [0.5, 0.6) is 28.7 Å². The van der Waals surface area contributed by atoms with E-state index in [-0.39, 0.29) is 28.5 Å². The lowest BCUT2D eigenvalue weighted by molar-refractivity contribution is 0.374. The Kier molecular flexibility index (Phi) is 7.43. The van der Waals surface area contributed by atoms with Crippen LogP contribution in [0.1, 0.15) is 5.56 Å². The summed E-state index contributed by atoms with van der Waals surface area (Å²) in [6, 6.07) is 20.3. The third-order valence-corrected chi connectivity index (χ3v) is 5.81. The number of methoxy groups -OCH3 is 3. The zero-order valence-electron chi connectivity index (χ0n) is 18.2. The number of benzene rings is 3. The molecule has 0 unspecified atom stereocenters. The molecule has 0 saturated carbocycles. The average Bonchev–Trinajstić information content (AvgIpc) is 2.83. The highest BCUT2D eigenvalue weighted by atomic mass is 32.2. The molecule has 0 spiro atoms. The topological polar surface area (TPSA) is 107 Å². The summed E-state index contributed by atoms with van der Waals surface area (Å²) in [5.74, 6) is 1.83. The molecule has 8 nitrogen and oxygen atoms in total. The minimum absolute atomic E-state index is 0.177. The van der Waals surface area contributed by atoms with Crippen LogP contribution >= 0.6 is 0 Å². The molecule has 0 saturated heterocycles. The SMILES string of the molecule is COc1cc(OC)c(/C=C(/C#N)S(=O)(=O)Nc2ccccc2Oc2ccccc2)c(OC)c1. The van der Waals surface area contributed by atoms with Gasteiger partial charge in [-0.25, -0.2) is 8.42 Å². The van der Waals surface area contributed by atoms with Gasteiger partial charge in [-0.1, -0.05) is 30.3 Å². The second kappa shape index (κ2) is 10.4. The second-order valence-electron chi connectivity index (χ2n) is 6.58. The van der Waals surface area contributed by atoms with Crippen molar-refractivity contribution in [2.45, 2.75) is 0 Å². The fraction of sp³-hybridized carbons (Fsp3) is 0.125. The maximum Gasteiger partial charge on any atom is 0.272 e. The quantitative estimate of drug-likeness (QED) is 0.451. The molecule has 0 heterocycles.